The average molecular weight is 402 g/mol. The zero-order chi connectivity index (χ0) is 19.2. The van der Waals surface area contributed by atoms with Gasteiger partial charge in [0.15, 0.2) is 7.60 Å². The smallest absolute Gasteiger partial charge is 0.777 e. The van der Waals surface area contributed by atoms with E-state index in [1.807, 2.05) is 26.2 Å². The molecule has 0 heterocycles. The van der Waals surface area contributed by atoms with E-state index in [0.29, 0.717) is 11.5 Å². The summed E-state index contributed by atoms with van der Waals surface area (Å²) in [7, 11) is -1.17. The second-order valence-electron chi connectivity index (χ2n) is 5.57. The van der Waals surface area contributed by atoms with Crippen LogP contribution in [0.1, 0.15) is 17.0 Å². The monoisotopic (exact) mass is 402 g/mol. The molecule has 0 bridgehead atoms. The Morgan fingerprint density at radius 3 is 2.04 bits per heavy atom. The molecule has 0 radical (unpaired) electrons. The zero-order valence-corrected chi connectivity index (χ0v) is 18.2. The van der Waals surface area contributed by atoms with E-state index in [1.165, 1.54) is 24.3 Å². The van der Waals surface area contributed by atoms with Crippen molar-refractivity contribution < 1.29 is 58.5 Å². The molecule has 140 valence electrons. The maximum Gasteiger partial charge on any atom is 1.00 e. The van der Waals surface area contributed by atoms with Crippen LogP contribution in [0.2, 0.25) is 0 Å². The molecule has 0 saturated heterocycles. The van der Waals surface area contributed by atoms with Crippen LogP contribution in [0.15, 0.2) is 53.6 Å². The van der Waals surface area contributed by atoms with Gasteiger partial charge in [0, 0.05) is 14.1 Å². The second kappa shape index (κ2) is 10.8. The first kappa shape index (κ1) is 23.7. The Balaban J connectivity index is 0.00000364. The summed E-state index contributed by atoms with van der Waals surface area (Å²) in [4.78, 5) is 19.8. The zero-order valence-electron chi connectivity index (χ0n) is 15.3. The third-order valence-electron chi connectivity index (χ3n) is 3.26. The number of aliphatic hydroxyl groups excluding tert-OH is 1. The quantitative estimate of drug-likeness (QED) is 0.182. The van der Waals surface area contributed by atoms with E-state index in [9.17, 15) is 14.6 Å². The standard InChI is InChI=1S/C17H21N2O6P.Na/c1-19(2)18-11-13-3-7-15(8-4-13)24-12-25-16-9-5-14(6-10-16)17(20)26(21,22)23;/h3-11,17,20H,12H2,1-2H3,(H2,21,22,23);/q;+1/p-1/b18-11+;. The van der Waals surface area contributed by atoms with Gasteiger partial charge in [0.05, 0.1) is 6.21 Å². The molecular formula is C17H20N2NaO6P. The van der Waals surface area contributed by atoms with Crippen LogP contribution in [-0.2, 0) is 4.57 Å². The van der Waals surface area contributed by atoms with Crippen molar-refractivity contribution in [2.24, 2.45) is 5.10 Å². The first-order valence-corrected chi connectivity index (χ1v) is 9.29. The van der Waals surface area contributed by atoms with Crippen molar-refractivity contribution in [2.45, 2.75) is 5.85 Å². The van der Waals surface area contributed by atoms with Crippen molar-refractivity contribution in [2.75, 3.05) is 20.9 Å². The Morgan fingerprint density at radius 1 is 1.11 bits per heavy atom. The number of nitrogens with zero attached hydrogens (tertiary/aromatic N) is 2. The van der Waals surface area contributed by atoms with Crippen LogP contribution in [0, 0.1) is 0 Å². The molecule has 2 aromatic carbocycles. The molecule has 2 rings (SSSR count). The molecule has 0 fully saturated rings. The molecule has 0 aliphatic rings. The van der Waals surface area contributed by atoms with Crippen LogP contribution in [-0.4, -0.2) is 42.1 Å². The second-order valence-corrected chi connectivity index (χ2v) is 7.19. The summed E-state index contributed by atoms with van der Waals surface area (Å²) >= 11 is 0. The summed E-state index contributed by atoms with van der Waals surface area (Å²) < 4.78 is 21.8. The molecule has 10 heteroatoms. The van der Waals surface area contributed by atoms with Gasteiger partial charge >= 0.3 is 29.6 Å². The fourth-order valence-corrected chi connectivity index (χ4v) is 2.47. The van der Waals surface area contributed by atoms with Crippen LogP contribution in [0.4, 0.5) is 0 Å². The predicted molar refractivity (Wildman–Crippen MR) is 95.1 cm³/mol. The normalized spacial score (nSPS) is 14.1. The maximum atomic E-state index is 10.9. The fourth-order valence-electron chi connectivity index (χ4n) is 1.92. The first-order chi connectivity index (χ1) is 12.3. The summed E-state index contributed by atoms with van der Waals surface area (Å²) in [5.41, 5.74) is 0.981. The van der Waals surface area contributed by atoms with Crippen LogP contribution in [0.25, 0.3) is 0 Å². The molecule has 0 amide bonds. The van der Waals surface area contributed by atoms with Crippen molar-refractivity contribution in [1.82, 2.24) is 5.01 Å². The molecule has 0 spiro atoms. The number of aliphatic hydroxyl groups is 1. The predicted octanol–water partition coefficient (Wildman–Crippen LogP) is -1.46. The topological polar surface area (TPSA) is 115 Å². The average Bonchev–Trinajstić information content (AvgIpc) is 2.60. The van der Waals surface area contributed by atoms with Crippen molar-refractivity contribution in [3.8, 4) is 11.5 Å². The van der Waals surface area contributed by atoms with Gasteiger partial charge in [-0.3, -0.25) is 0 Å². The summed E-state index contributed by atoms with van der Waals surface area (Å²) in [6.45, 7) is -0.0485. The van der Waals surface area contributed by atoms with Crippen molar-refractivity contribution in [3.63, 3.8) is 0 Å². The molecule has 0 saturated carbocycles. The van der Waals surface area contributed by atoms with Crippen LogP contribution in [0.5, 0.6) is 11.5 Å². The van der Waals surface area contributed by atoms with E-state index in [4.69, 9.17) is 14.4 Å². The van der Waals surface area contributed by atoms with Crippen molar-refractivity contribution in [3.05, 3.63) is 59.7 Å². The van der Waals surface area contributed by atoms with Gasteiger partial charge in [-0.15, -0.1) is 0 Å². The third-order valence-corrected chi connectivity index (χ3v) is 4.17. The first-order valence-electron chi connectivity index (χ1n) is 7.64. The third kappa shape index (κ3) is 8.02. The Hall–Kier alpha value is -1.38. The number of hydrazone groups is 1. The fraction of sp³-hybridized carbons (Fsp3) is 0.235. The molecule has 2 aromatic rings. The minimum absolute atomic E-state index is 0. The van der Waals surface area contributed by atoms with E-state index in [0.717, 1.165) is 5.56 Å². The SMILES string of the molecule is CN(C)/N=C/c1ccc(OCOc2ccc(C(O)P(=O)([O-])O)cc2)cc1.[Na+]. The number of benzene rings is 2. The molecule has 2 unspecified atom stereocenters. The van der Waals surface area contributed by atoms with Gasteiger partial charge in [0.1, 0.15) is 17.3 Å². The minimum Gasteiger partial charge on any atom is -0.777 e. The summed E-state index contributed by atoms with van der Waals surface area (Å²) in [6, 6.07) is 12.9. The van der Waals surface area contributed by atoms with E-state index in [1.54, 1.807) is 23.4 Å². The number of hydrogen-bond acceptors (Lipinski definition) is 7. The van der Waals surface area contributed by atoms with E-state index in [2.05, 4.69) is 5.10 Å². The van der Waals surface area contributed by atoms with E-state index >= 15 is 0 Å². The molecule has 0 aliphatic heterocycles. The summed E-state index contributed by atoms with van der Waals surface area (Å²) in [5, 5.41) is 15.3. The number of ether oxygens (including phenoxy) is 2. The summed E-state index contributed by atoms with van der Waals surface area (Å²) in [5.74, 6) is -0.914. The van der Waals surface area contributed by atoms with Crippen LogP contribution < -0.4 is 43.9 Å². The molecule has 2 atom stereocenters. The molecule has 0 aliphatic carbocycles. The Morgan fingerprint density at radius 2 is 1.59 bits per heavy atom. The van der Waals surface area contributed by atoms with Gasteiger partial charge in [-0.2, -0.15) is 5.10 Å². The molecular weight excluding hydrogens is 382 g/mol. The van der Waals surface area contributed by atoms with Gasteiger partial charge in [-0.1, -0.05) is 12.1 Å². The Labute approximate surface area is 179 Å². The van der Waals surface area contributed by atoms with Crippen molar-refractivity contribution >= 4 is 13.8 Å². The number of rotatable bonds is 8. The molecule has 27 heavy (non-hydrogen) atoms. The van der Waals surface area contributed by atoms with Gasteiger partial charge in [0.25, 0.3) is 0 Å². The van der Waals surface area contributed by atoms with Gasteiger partial charge in [0.2, 0.25) is 6.79 Å². The van der Waals surface area contributed by atoms with Gasteiger partial charge in [-0.05, 0) is 47.5 Å². The van der Waals surface area contributed by atoms with Gasteiger partial charge in [-0.25, -0.2) is 0 Å². The Bertz CT molecular complexity index is 777. The molecule has 2 N–H and O–H groups in total. The van der Waals surface area contributed by atoms with Crippen molar-refractivity contribution in [1.29, 1.82) is 0 Å². The Kier molecular flexibility index (Phi) is 9.49. The maximum absolute atomic E-state index is 10.9. The minimum atomic E-state index is -4.84. The molecule has 8 nitrogen and oxygen atoms in total. The largest absolute Gasteiger partial charge is 1.00 e. The number of hydrogen-bond donors (Lipinski definition) is 2. The van der Waals surface area contributed by atoms with Gasteiger partial charge < -0.3 is 33.9 Å². The van der Waals surface area contributed by atoms with Crippen LogP contribution in [0.3, 0.4) is 0 Å². The van der Waals surface area contributed by atoms with Crippen LogP contribution >= 0.6 is 7.60 Å². The molecule has 0 aromatic heterocycles. The van der Waals surface area contributed by atoms with E-state index in [-0.39, 0.29) is 41.9 Å². The van der Waals surface area contributed by atoms with E-state index < -0.39 is 13.4 Å². The summed E-state index contributed by atoms with van der Waals surface area (Å²) in [6.07, 6.45) is 1.73.